The number of nitro groups is 1. The molecule has 0 aromatic heterocycles. The van der Waals surface area contributed by atoms with Crippen LogP contribution >= 0.6 is 28.1 Å². The van der Waals surface area contributed by atoms with Crippen molar-refractivity contribution in [2.75, 3.05) is 11.9 Å². The molecule has 0 aliphatic rings. The number of rotatable bonds is 7. The molecule has 1 amide bonds. The van der Waals surface area contributed by atoms with Gasteiger partial charge >= 0.3 is 0 Å². The fourth-order valence-electron chi connectivity index (χ4n) is 2.20. The van der Waals surface area contributed by atoms with Crippen molar-refractivity contribution in [2.24, 2.45) is 0 Å². The van der Waals surface area contributed by atoms with E-state index in [0.29, 0.717) is 22.4 Å². The van der Waals surface area contributed by atoms with Crippen molar-refractivity contribution in [1.29, 1.82) is 0 Å². The maximum atomic E-state index is 12.6. The number of halogens is 1. The van der Waals surface area contributed by atoms with E-state index in [1.807, 2.05) is 6.92 Å². The summed E-state index contributed by atoms with van der Waals surface area (Å²) in [6.07, 6.45) is 1.82. The van der Waals surface area contributed by atoms with Gasteiger partial charge in [0, 0.05) is 10.5 Å². The molecule has 0 saturated carbocycles. The van der Waals surface area contributed by atoms with Crippen LogP contribution in [0.15, 0.2) is 40.9 Å². The van der Waals surface area contributed by atoms with Gasteiger partial charge in [-0.2, -0.15) is 0 Å². The van der Waals surface area contributed by atoms with Crippen molar-refractivity contribution in [3.05, 3.63) is 56.5 Å². The lowest BCUT2D eigenvalue weighted by Crippen LogP contribution is -2.34. The van der Waals surface area contributed by atoms with Crippen LogP contribution in [0.4, 0.5) is 11.4 Å². The average Bonchev–Trinajstić information content (AvgIpc) is 2.64. The molecule has 0 saturated heterocycles. The Balaban J connectivity index is 2.09. The third-order valence-corrected chi connectivity index (χ3v) is 4.31. The highest BCUT2D eigenvalue weighted by Crippen LogP contribution is 2.28. The molecule has 3 N–H and O–H groups in total. The highest BCUT2D eigenvalue weighted by molar-refractivity contribution is 9.10. The SMILES string of the molecule is CCCCOc1ccc(Br)cc1C(=O)NC(=S)Nc1ccc([N+](=O)[O-])cc1O. The van der Waals surface area contributed by atoms with E-state index in [2.05, 4.69) is 26.6 Å². The minimum absolute atomic E-state index is 0.0753. The van der Waals surface area contributed by atoms with Crippen LogP contribution in [0.25, 0.3) is 0 Å². The molecule has 0 aliphatic heterocycles. The molecule has 0 heterocycles. The van der Waals surface area contributed by atoms with E-state index in [0.717, 1.165) is 18.9 Å². The Bertz CT molecular complexity index is 907. The van der Waals surface area contributed by atoms with Crippen LogP contribution in [-0.2, 0) is 0 Å². The standard InChI is InChI=1S/C18H18BrN3O5S/c1-2-3-8-27-16-7-4-11(19)9-13(16)17(24)21-18(28)20-14-6-5-12(22(25)26)10-15(14)23/h4-7,9-10,23H,2-3,8H2,1H3,(H2,20,21,24,28). The summed E-state index contributed by atoms with van der Waals surface area (Å²) in [5, 5.41) is 25.7. The van der Waals surface area contributed by atoms with Crippen LogP contribution in [0.5, 0.6) is 11.5 Å². The predicted octanol–water partition coefficient (Wildman–Crippen LogP) is 4.37. The molecule has 0 spiro atoms. The van der Waals surface area contributed by atoms with Gasteiger partial charge in [0.2, 0.25) is 0 Å². The van der Waals surface area contributed by atoms with E-state index in [9.17, 15) is 20.0 Å². The number of nitro benzene ring substituents is 1. The molecule has 10 heteroatoms. The van der Waals surface area contributed by atoms with Crippen LogP contribution in [-0.4, -0.2) is 27.7 Å². The topological polar surface area (TPSA) is 114 Å². The van der Waals surface area contributed by atoms with Gasteiger partial charge in [0.1, 0.15) is 11.5 Å². The Morgan fingerprint density at radius 3 is 2.71 bits per heavy atom. The van der Waals surface area contributed by atoms with Gasteiger partial charge in [-0.1, -0.05) is 29.3 Å². The van der Waals surface area contributed by atoms with Crippen molar-refractivity contribution >= 4 is 50.5 Å². The smallest absolute Gasteiger partial charge is 0.273 e. The van der Waals surface area contributed by atoms with Gasteiger partial charge in [-0.25, -0.2) is 0 Å². The lowest BCUT2D eigenvalue weighted by molar-refractivity contribution is -0.384. The number of hydrogen-bond acceptors (Lipinski definition) is 6. The van der Waals surface area contributed by atoms with Gasteiger partial charge in [0.05, 0.1) is 28.8 Å². The third-order valence-electron chi connectivity index (χ3n) is 3.61. The first-order valence-corrected chi connectivity index (χ1v) is 9.54. The van der Waals surface area contributed by atoms with E-state index in [4.69, 9.17) is 17.0 Å². The Hall–Kier alpha value is -2.72. The molecule has 0 radical (unpaired) electrons. The zero-order chi connectivity index (χ0) is 20.7. The summed E-state index contributed by atoms with van der Waals surface area (Å²) < 4.78 is 6.36. The number of nitrogens with zero attached hydrogens (tertiary/aromatic N) is 1. The number of non-ortho nitro benzene ring substituents is 1. The van der Waals surface area contributed by atoms with Crippen molar-refractivity contribution < 1.29 is 19.6 Å². The number of ether oxygens (including phenoxy) is 1. The van der Waals surface area contributed by atoms with E-state index >= 15 is 0 Å². The van der Waals surface area contributed by atoms with Gasteiger partial charge in [-0.15, -0.1) is 0 Å². The van der Waals surface area contributed by atoms with E-state index in [-0.39, 0.29) is 22.2 Å². The predicted molar refractivity (Wildman–Crippen MR) is 113 cm³/mol. The maximum absolute atomic E-state index is 12.6. The molecule has 0 fully saturated rings. The second-order valence-corrected chi connectivity index (χ2v) is 7.03. The van der Waals surface area contributed by atoms with Gasteiger partial charge in [0.15, 0.2) is 5.11 Å². The quantitative estimate of drug-likeness (QED) is 0.182. The molecule has 28 heavy (non-hydrogen) atoms. The lowest BCUT2D eigenvalue weighted by Gasteiger charge is -2.14. The fraction of sp³-hybridized carbons (Fsp3) is 0.222. The average molecular weight is 468 g/mol. The monoisotopic (exact) mass is 467 g/mol. The molecule has 2 rings (SSSR count). The maximum Gasteiger partial charge on any atom is 0.273 e. The zero-order valence-corrected chi connectivity index (χ0v) is 17.3. The Kier molecular flexibility index (Phi) is 7.70. The Morgan fingerprint density at radius 2 is 2.07 bits per heavy atom. The van der Waals surface area contributed by atoms with Gasteiger partial charge < -0.3 is 15.2 Å². The lowest BCUT2D eigenvalue weighted by atomic mass is 10.2. The van der Waals surface area contributed by atoms with Gasteiger partial charge in [-0.05, 0) is 42.9 Å². The number of benzene rings is 2. The zero-order valence-electron chi connectivity index (χ0n) is 14.9. The summed E-state index contributed by atoms with van der Waals surface area (Å²) in [5.74, 6) is -0.432. The number of thiocarbonyl (C=S) groups is 1. The van der Waals surface area contributed by atoms with Crippen molar-refractivity contribution in [1.82, 2.24) is 5.32 Å². The molecule has 0 atom stereocenters. The van der Waals surface area contributed by atoms with Crippen molar-refractivity contribution in [2.45, 2.75) is 19.8 Å². The number of aromatic hydroxyl groups is 1. The third kappa shape index (κ3) is 5.89. The molecule has 2 aromatic carbocycles. The second-order valence-electron chi connectivity index (χ2n) is 5.71. The number of carbonyl (C=O) groups excluding carboxylic acids is 1. The first-order valence-electron chi connectivity index (χ1n) is 8.34. The normalized spacial score (nSPS) is 10.2. The highest BCUT2D eigenvalue weighted by Gasteiger charge is 2.16. The number of unbranched alkanes of at least 4 members (excludes halogenated alkanes) is 1. The fourth-order valence-corrected chi connectivity index (χ4v) is 2.76. The molecule has 148 valence electrons. The molecule has 0 bridgehead atoms. The van der Waals surface area contributed by atoms with E-state index in [1.54, 1.807) is 18.2 Å². The van der Waals surface area contributed by atoms with Gasteiger partial charge in [-0.3, -0.25) is 20.2 Å². The molecule has 2 aromatic rings. The largest absolute Gasteiger partial charge is 0.506 e. The van der Waals surface area contributed by atoms with Crippen LogP contribution in [0.3, 0.4) is 0 Å². The van der Waals surface area contributed by atoms with Crippen LogP contribution in [0, 0.1) is 10.1 Å². The number of phenols is 1. The number of carbonyl (C=O) groups is 1. The first kappa shape index (κ1) is 21.6. The second kappa shape index (κ2) is 10.00. The Labute approximate surface area is 175 Å². The summed E-state index contributed by atoms with van der Waals surface area (Å²) in [4.78, 5) is 22.7. The molecule has 8 nitrogen and oxygen atoms in total. The number of phenolic OH excluding ortho intramolecular Hbond substituents is 1. The van der Waals surface area contributed by atoms with E-state index < -0.39 is 10.8 Å². The first-order chi connectivity index (χ1) is 13.3. The van der Waals surface area contributed by atoms with Crippen molar-refractivity contribution in [3.8, 4) is 11.5 Å². The van der Waals surface area contributed by atoms with E-state index in [1.165, 1.54) is 12.1 Å². The van der Waals surface area contributed by atoms with Crippen LogP contribution in [0.1, 0.15) is 30.1 Å². The summed E-state index contributed by atoms with van der Waals surface area (Å²) in [6, 6.07) is 8.56. The number of amides is 1. The number of hydrogen-bond donors (Lipinski definition) is 3. The summed E-state index contributed by atoms with van der Waals surface area (Å²) in [7, 11) is 0. The van der Waals surface area contributed by atoms with Gasteiger partial charge in [0.25, 0.3) is 11.6 Å². The molecular weight excluding hydrogens is 450 g/mol. The minimum Gasteiger partial charge on any atom is -0.506 e. The highest BCUT2D eigenvalue weighted by atomic mass is 79.9. The van der Waals surface area contributed by atoms with Crippen LogP contribution in [0.2, 0.25) is 0 Å². The van der Waals surface area contributed by atoms with Crippen LogP contribution < -0.4 is 15.4 Å². The van der Waals surface area contributed by atoms with Crippen molar-refractivity contribution in [3.63, 3.8) is 0 Å². The summed E-state index contributed by atoms with van der Waals surface area (Å²) >= 11 is 8.42. The number of nitrogens with one attached hydrogen (secondary N) is 2. The minimum atomic E-state index is -0.628. The Morgan fingerprint density at radius 1 is 1.32 bits per heavy atom. The molecule has 0 unspecified atom stereocenters. The molecular formula is C18H18BrN3O5S. The molecule has 0 aliphatic carbocycles. The number of anilines is 1. The summed E-state index contributed by atoms with van der Waals surface area (Å²) in [6.45, 7) is 2.52. The summed E-state index contributed by atoms with van der Waals surface area (Å²) in [5.41, 5.74) is 0.160.